The third kappa shape index (κ3) is 4.86. The Hall–Kier alpha value is -3.42. The second-order valence-electron chi connectivity index (χ2n) is 11.4. The number of nitrogens with zero attached hydrogens (tertiary/aromatic N) is 5. The first-order valence-corrected chi connectivity index (χ1v) is 14.7. The molecule has 0 aliphatic carbocycles. The lowest BCUT2D eigenvalue weighted by molar-refractivity contribution is 0.357. The fourth-order valence-electron chi connectivity index (χ4n) is 6.68. The van der Waals surface area contributed by atoms with Crippen LogP contribution in [0.1, 0.15) is 55.0 Å². The minimum absolute atomic E-state index is 0.115. The van der Waals surface area contributed by atoms with Gasteiger partial charge in [0.2, 0.25) is 0 Å². The van der Waals surface area contributed by atoms with Crippen molar-refractivity contribution in [2.24, 2.45) is 11.8 Å². The topological polar surface area (TPSA) is 49.2 Å². The molecule has 1 N–H and O–H groups in total. The van der Waals surface area contributed by atoms with E-state index in [4.69, 9.17) is 28.8 Å². The van der Waals surface area contributed by atoms with Gasteiger partial charge in [0.25, 0.3) is 0 Å². The Labute approximate surface area is 247 Å². The molecule has 0 bridgehead atoms. The fraction of sp³-hybridized carbons (Fsp3) is 0.344. The van der Waals surface area contributed by atoms with Crippen molar-refractivity contribution in [2.75, 3.05) is 22.9 Å². The zero-order valence-corrected chi connectivity index (χ0v) is 25.0. The van der Waals surface area contributed by atoms with E-state index in [9.17, 15) is 0 Å². The van der Waals surface area contributed by atoms with Crippen LogP contribution in [0.2, 0.25) is 5.02 Å². The summed E-state index contributed by atoms with van der Waals surface area (Å²) >= 11 is 13.0. The maximum atomic E-state index is 7.02. The third-order valence-electron chi connectivity index (χ3n) is 8.21. The van der Waals surface area contributed by atoms with E-state index in [0.29, 0.717) is 16.9 Å². The normalized spacial score (nSPS) is 23.0. The van der Waals surface area contributed by atoms with E-state index in [-0.39, 0.29) is 12.1 Å². The van der Waals surface area contributed by atoms with E-state index < -0.39 is 0 Å². The van der Waals surface area contributed by atoms with E-state index >= 15 is 0 Å². The number of nitrogens with one attached hydrogen (secondary N) is 1. The molecule has 40 heavy (non-hydrogen) atoms. The van der Waals surface area contributed by atoms with E-state index in [2.05, 4.69) is 88.8 Å². The molecule has 0 amide bonds. The molecule has 8 heteroatoms. The number of hydrogen-bond acceptors (Lipinski definition) is 4. The standard InChI is InChI=1S/C32H35ClN6S/c1-20-14-21(2)19-37(18-20)29-11-10-24(16-27(29)33)39-31(30(36-32(39)40)28-9-5-6-13-35-28)26-15-22(3)38(23(26)4)25-8-7-12-34-17-25/h5-13,15-17,20-21,30-31H,14,18-19H2,1-4H3,(H,36,40)/t20-,21-,30-,31+/m0/s1. The second-order valence-corrected chi connectivity index (χ2v) is 12.2. The van der Waals surface area contributed by atoms with Gasteiger partial charge in [-0.15, -0.1) is 0 Å². The zero-order chi connectivity index (χ0) is 28.0. The smallest absolute Gasteiger partial charge is 0.174 e. The van der Waals surface area contributed by atoms with Gasteiger partial charge in [0.05, 0.1) is 40.4 Å². The monoisotopic (exact) mass is 570 g/mol. The Morgan fingerprint density at radius 1 is 0.950 bits per heavy atom. The number of thiocarbonyl (C=S) groups is 1. The predicted molar refractivity (Wildman–Crippen MR) is 168 cm³/mol. The van der Waals surface area contributed by atoms with Gasteiger partial charge in [-0.05, 0) is 98.4 Å². The molecule has 1 aromatic carbocycles. The first kappa shape index (κ1) is 26.8. The molecule has 0 radical (unpaired) electrons. The largest absolute Gasteiger partial charge is 0.370 e. The Balaban J connectivity index is 1.44. The summed E-state index contributed by atoms with van der Waals surface area (Å²) in [5.41, 5.74) is 7.52. The van der Waals surface area contributed by atoms with Crippen molar-refractivity contribution in [3.8, 4) is 5.69 Å². The van der Waals surface area contributed by atoms with Crippen molar-refractivity contribution in [3.05, 3.63) is 101 Å². The molecule has 4 atom stereocenters. The van der Waals surface area contributed by atoms with Crippen molar-refractivity contribution in [1.82, 2.24) is 19.9 Å². The summed E-state index contributed by atoms with van der Waals surface area (Å²) in [5.74, 6) is 1.29. The molecule has 5 heterocycles. The van der Waals surface area contributed by atoms with Crippen LogP contribution < -0.4 is 15.1 Å². The molecule has 3 aromatic heterocycles. The summed E-state index contributed by atoms with van der Waals surface area (Å²) in [5, 5.41) is 5.01. The molecule has 206 valence electrons. The number of aryl methyl sites for hydroxylation is 1. The van der Waals surface area contributed by atoms with Gasteiger partial charge < -0.3 is 19.7 Å². The highest BCUT2D eigenvalue weighted by atomic mass is 35.5. The summed E-state index contributed by atoms with van der Waals surface area (Å²) < 4.78 is 2.26. The molecule has 6 nitrogen and oxygen atoms in total. The lowest BCUT2D eigenvalue weighted by Gasteiger charge is -2.37. The fourth-order valence-corrected chi connectivity index (χ4v) is 7.32. The molecule has 2 aliphatic heterocycles. The third-order valence-corrected chi connectivity index (χ3v) is 8.83. The van der Waals surface area contributed by atoms with E-state index in [1.165, 1.54) is 12.0 Å². The summed E-state index contributed by atoms with van der Waals surface area (Å²) in [4.78, 5) is 13.7. The molecular weight excluding hydrogens is 536 g/mol. The minimum atomic E-state index is -0.126. The van der Waals surface area contributed by atoms with Crippen LogP contribution in [0.5, 0.6) is 0 Å². The number of aromatic nitrogens is 3. The number of anilines is 2. The summed E-state index contributed by atoms with van der Waals surface area (Å²) in [6, 6.07) is 18.5. The Morgan fingerprint density at radius 3 is 2.42 bits per heavy atom. The second kappa shape index (κ2) is 10.9. The molecule has 0 spiro atoms. The summed E-state index contributed by atoms with van der Waals surface area (Å²) in [6.45, 7) is 11.0. The van der Waals surface area contributed by atoms with Crippen LogP contribution in [0.25, 0.3) is 5.69 Å². The average molecular weight is 571 g/mol. The van der Waals surface area contributed by atoms with Crippen molar-refractivity contribution in [3.63, 3.8) is 0 Å². The zero-order valence-electron chi connectivity index (χ0n) is 23.4. The van der Waals surface area contributed by atoms with Gasteiger partial charge in [-0.25, -0.2) is 0 Å². The van der Waals surface area contributed by atoms with E-state index in [1.54, 1.807) is 6.20 Å². The van der Waals surface area contributed by atoms with Gasteiger partial charge >= 0.3 is 0 Å². The molecule has 0 unspecified atom stereocenters. The molecule has 0 saturated carbocycles. The maximum Gasteiger partial charge on any atom is 0.174 e. The van der Waals surface area contributed by atoms with Gasteiger partial charge in [-0.1, -0.05) is 31.5 Å². The number of hydrogen-bond donors (Lipinski definition) is 1. The molecule has 2 fully saturated rings. The van der Waals surface area contributed by atoms with Crippen LogP contribution in [0, 0.1) is 25.7 Å². The van der Waals surface area contributed by atoms with Crippen LogP contribution in [0.3, 0.4) is 0 Å². The first-order valence-electron chi connectivity index (χ1n) is 14.0. The highest BCUT2D eigenvalue weighted by molar-refractivity contribution is 7.80. The number of halogens is 1. The molecule has 6 rings (SSSR count). The highest BCUT2D eigenvalue weighted by Crippen LogP contribution is 2.45. The number of piperidine rings is 1. The van der Waals surface area contributed by atoms with Gasteiger partial charge in [0.15, 0.2) is 5.11 Å². The van der Waals surface area contributed by atoms with Crippen LogP contribution in [0.4, 0.5) is 11.4 Å². The van der Waals surface area contributed by atoms with Gasteiger partial charge in [0, 0.05) is 42.6 Å². The predicted octanol–water partition coefficient (Wildman–Crippen LogP) is 7.20. The minimum Gasteiger partial charge on any atom is -0.370 e. The SMILES string of the molecule is Cc1cc([C@@H]2[C@H](c3ccccn3)NC(=S)N2c2ccc(N3C[C@@H](C)C[C@H](C)C3)c(Cl)c2)c(C)n1-c1cccnc1. The van der Waals surface area contributed by atoms with Gasteiger partial charge in [0.1, 0.15) is 0 Å². The van der Waals surface area contributed by atoms with E-state index in [1.807, 2.05) is 30.6 Å². The van der Waals surface area contributed by atoms with Crippen LogP contribution in [-0.2, 0) is 0 Å². The summed E-state index contributed by atoms with van der Waals surface area (Å²) in [6.07, 6.45) is 6.80. The molecule has 4 aromatic rings. The molecule has 2 aliphatic rings. The highest BCUT2D eigenvalue weighted by Gasteiger charge is 2.42. The molecular formula is C32H35ClN6S. The molecule has 2 saturated heterocycles. The lowest BCUT2D eigenvalue weighted by Crippen LogP contribution is -2.38. The van der Waals surface area contributed by atoms with Crippen molar-refractivity contribution in [2.45, 2.75) is 46.2 Å². The van der Waals surface area contributed by atoms with Crippen molar-refractivity contribution >= 4 is 40.3 Å². The Kier molecular flexibility index (Phi) is 7.27. The van der Waals surface area contributed by atoms with Crippen molar-refractivity contribution < 1.29 is 0 Å². The van der Waals surface area contributed by atoms with Crippen molar-refractivity contribution in [1.29, 1.82) is 0 Å². The van der Waals surface area contributed by atoms with Crippen LogP contribution in [-0.4, -0.2) is 32.7 Å². The number of pyridine rings is 2. The van der Waals surface area contributed by atoms with Crippen LogP contribution in [0.15, 0.2) is 73.2 Å². The Morgan fingerprint density at radius 2 is 1.75 bits per heavy atom. The van der Waals surface area contributed by atoms with Crippen LogP contribution >= 0.6 is 23.8 Å². The lowest BCUT2D eigenvalue weighted by atomic mass is 9.91. The number of rotatable bonds is 5. The average Bonchev–Trinajstić information content (AvgIpc) is 3.43. The Bertz CT molecular complexity index is 1510. The quantitative estimate of drug-likeness (QED) is 0.256. The maximum absolute atomic E-state index is 7.02. The summed E-state index contributed by atoms with van der Waals surface area (Å²) in [7, 11) is 0. The number of benzene rings is 1. The van der Waals surface area contributed by atoms with Gasteiger partial charge in [-0.2, -0.15) is 0 Å². The first-order chi connectivity index (χ1) is 19.3. The van der Waals surface area contributed by atoms with E-state index in [0.717, 1.165) is 52.3 Å². The van der Waals surface area contributed by atoms with Gasteiger partial charge in [-0.3, -0.25) is 9.97 Å².